The van der Waals surface area contributed by atoms with E-state index < -0.39 is 11.9 Å². The van der Waals surface area contributed by atoms with Crippen molar-refractivity contribution in [3.8, 4) is 0 Å². The van der Waals surface area contributed by atoms with Gasteiger partial charge in [0.15, 0.2) is 5.76 Å². The average molecular weight is 271 g/mol. The molecule has 6 nitrogen and oxygen atoms in total. The minimum atomic E-state index is -1.25. The van der Waals surface area contributed by atoms with E-state index in [1.54, 1.807) is 30.3 Å². The second-order valence-electron chi connectivity index (χ2n) is 4.04. The highest BCUT2D eigenvalue weighted by Crippen LogP contribution is 2.31. The zero-order chi connectivity index (χ0) is 14.1. The van der Waals surface area contributed by atoms with Gasteiger partial charge < -0.3 is 19.3 Å². The van der Waals surface area contributed by atoms with E-state index in [1.807, 2.05) is 0 Å². The summed E-state index contributed by atoms with van der Waals surface area (Å²) in [6, 6.07) is 9.80. The van der Waals surface area contributed by atoms with Crippen molar-refractivity contribution in [2.75, 3.05) is 5.32 Å². The van der Waals surface area contributed by atoms with E-state index in [-0.39, 0.29) is 17.2 Å². The Kier molecular flexibility index (Phi) is 2.76. The summed E-state index contributed by atoms with van der Waals surface area (Å²) in [5.74, 6) is -2.02. The van der Waals surface area contributed by atoms with Gasteiger partial charge in [-0.15, -0.1) is 0 Å². The van der Waals surface area contributed by atoms with Gasteiger partial charge in [-0.1, -0.05) is 12.1 Å². The standard InChI is InChI=1S/C14H9NO5/c16-13(10-6-3-7-19-10)15-11-8-4-1-2-5-9(8)20-12(11)14(17)18/h1-7H,(H,15,16)(H,17,18). The highest BCUT2D eigenvalue weighted by atomic mass is 16.4. The Hall–Kier alpha value is -3.02. The molecule has 0 unspecified atom stereocenters. The van der Waals surface area contributed by atoms with Crippen molar-refractivity contribution in [1.82, 2.24) is 0 Å². The third kappa shape index (κ3) is 1.93. The summed E-state index contributed by atoms with van der Waals surface area (Å²) in [5, 5.41) is 12.2. The van der Waals surface area contributed by atoms with Crippen molar-refractivity contribution in [3.05, 3.63) is 54.2 Å². The number of carbonyl (C=O) groups is 2. The predicted octanol–water partition coefficient (Wildman–Crippen LogP) is 2.98. The maximum absolute atomic E-state index is 12.0. The van der Waals surface area contributed by atoms with Gasteiger partial charge in [0.05, 0.1) is 6.26 Å². The van der Waals surface area contributed by atoms with Gasteiger partial charge in [0.1, 0.15) is 11.3 Å². The molecule has 0 fully saturated rings. The highest BCUT2D eigenvalue weighted by Gasteiger charge is 2.22. The summed E-state index contributed by atoms with van der Waals surface area (Å²) >= 11 is 0. The molecule has 100 valence electrons. The van der Waals surface area contributed by atoms with Gasteiger partial charge in [-0.25, -0.2) is 4.79 Å². The Morgan fingerprint density at radius 2 is 1.90 bits per heavy atom. The second-order valence-corrected chi connectivity index (χ2v) is 4.04. The molecule has 6 heteroatoms. The van der Waals surface area contributed by atoms with Crippen molar-refractivity contribution >= 4 is 28.5 Å². The van der Waals surface area contributed by atoms with Crippen LogP contribution >= 0.6 is 0 Å². The number of hydrogen-bond acceptors (Lipinski definition) is 4. The second kappa shape index (κ2) is 4.58. The molecule has 0 radical (unpaired) electrons. The molecular weight excluding hydrogens is 262 g/mol. The minimum Gasteiger partial charge on any atom is -0.475 e. The van der Waals surface area contributed by atoms with E-state index in [0.29, 0.717) is 11.0 Å². The van der Waals surface area contributed by atoms with Gasteiger partial charge in [0.25, 0.3) is 5.91 Å². The fraction of sp³-hybridized carbons (Fsp3) is 0. The lowest BCUT2D eigenvalue weighted by Gasteiger charge is -2.01. The van der Waals surface area contributed by atoms with Crippen molar-refractivity contribution in [1.29, 1.82) is 0 Å². The van der Waals surface area contributed by atoms with Gasteiger partial charge >= 0.3 is 5.97 Å². The molecule has 0 bridgehead atoms. The summed E-state index contributed by atoms with van der Waals surface area (Å²) in [4.78, 5) is 23.1. The summed E-state index contributed by atoms with van der Waals surface area (Å²) in [6.45, 7) is 0. The van der Waals surface area contributed by atoms with Crippen LogP contribution in [0.3, 0.4) is 0 Å². The number of rotatable bonds is 3. The molecule has 1 aromatic carbocycles. The predicted molar refractivity (Wildman–Crippen MR) is 69.8 cm³/mol. The van der Waals surface area contributed by atoms with Crippen molar-refractivity contribution in [2.45, 2.75) is 0 Å². The average Bonchev–Trinajstić information content (AvgIpc) is 3.06. The summed E-state index contributed by atoms with van der Waals surface area (Å²) < 4.78 is 10.2. The van der Waals surface area contributed by atoms with Gasteiger partial charge in [-0.3, -0.25) is 4.79 Å². The third-order valence-corrected chi connectivity index (χ3v) is 2.77. The molecule has 2 heterocycles. The highest BCUT2D eigenvalue weighted by molar-refractivity contribution is 6.12. The van der Waals surface area contributed by atoms with E-state index in [1.165, 1.54) is 12.3 Å². The number of benzene rings is 1. The molecule has 3 rings (SSSR count). The van der Waals surface area contributed by atoms with Crippen LogP contribution in [-0.4, -0.2) is 17.0 Å². The number of carboxylic acids is 1. The van der Waals surface area contributed by atoms with Crippen molar-refractivity contribution in [2.24, 2.45) is 0 Å². The van der Waals surface area contributed by atoms with E-state index in [2.05, 4.69) is 5.32 Å². The number of fused-ring (bicyclic) bond motifs is 1. The Balaban J connectivity index is 2.07. The minimum absolute atomic E-state index is 0.0895. The molecule has 20 heavy (non-hydrogen) atoms. The van der Waals surface area contributed by atoms with Crippen LogP contribution in [-0.2, 0) is 0 Å². The van der Waals surface area contributed by atoms with Crippen molar-refractivity contribution < 1.29 is 23.5 Å². The van der Waals surface area contributed by atoms with Gasteiger partial charge in [-0.2, -0.15) is 0 Å². The van der Waals surface area contributed by atoms with Crippen LogP contribution in [0.4, 0.5) is 5.69 Å². The first-order valence-corrected chi connectivity index (χ1v) is 5.76. The number of amides is 1. The maximum Gasteiger partial charge on any atom is 0.374 e. The molecule has 0 atom stereocenters. The van der Waals surface area contributed by atoms with Crippen LogP contribution in [0.1, 0.15) is 21.1 Å². The first-order chi connectivity index (χ1) is 9.66. The summed E-state index contributed by atoms with van der Waals surface area (Å²) in [7, 11) is 0. The molecule has 0 aliphatic rings. The van der Waals surface area contributed by atoms with Crippen LogP contribution in [0.5, 0.6) is 0 Å². The van der Waals surface area contributed by atoms with E-state index in [0.717, 1.165) is 0 Å². The van der Waals surface area contributed by atoms with E-state index in [4.69, 9.17) is 13.9 Å². The molecule has 0 saturated heterocycles. The van der Waals surface area contributed by atoms with Gasteiger partial charge in [0.2, 0.25) is 5.76 Å². The van der Waals surface area contributed by atoms with Crippen LogP contribution in [0, 0.1) is 0 Å². The number of furan rings is 2. The smallest absolute Gasteiger partial charge is 0.374 e. The fourth-order valence-corrected chi connectivity index (χ4v) is 1.90. The van der Waals surface area contributed by atoms with Crippen LogP contribution in [0.25, 0.3) is 11.0 Å². The molecule has 0 spiro atoms. The topological polar surface area (TPSA) is 92.7 Å². The van der Waals surface area contributed by atoms with E-state index >= 15 is 0 Å². The number of carboxylic acid groups (broad SMARTS) is 1. The first-order valence-electron chi connectivity index (χ1n) is 5.76. The number of anilines is 1. The number of carbonyl (C=O) groups excluding carboxylic acids is 1. The summed E-state index contributed by atoms with van der Waals surface area (Å²) in [5.41, 5.74) is 0.508. The third-order valence-electron chi connectivity index (χ3n) is 2.77. The molecule has 1 amide bonds. The summed E-state index contributed by atoms with van der Waals surface area (Å²) in [6.07, 6.45) is 1.36. The lowest BCUT2D eigenvalue weighted by molar-refractivity contribution is 0.0666. The normalized spacial score (nSPS) is 10.6. The van der Waals surface area contributed by atoms with Gasteiger partial charge in [-0.05, 0) is 24.3 Å². The molecule has 2 aromatic heterocycles. The largest absolute Gasteiger partial charge is 0.475 e. The molecule has 2 N–H and O–H groups in total. The lowest BCUT2D eigenvalue weighted by Crippen LogP contribution is -2.13. The molecular formula is C14H9NO5. The number of para-hydroxylation sites is 1. The lowest BCUT2D eigenvalue weighted by atomic mass is 10.2. The Bertz CT molecular complexity index is 785. The fourth-order valence-electron chi connectivity index (χ4n) is 1.90. The number of nitrogens with one attached hydrogen (secondary N) is 1. The monoisotopic (exact) mass is 271 g/mol. The van der Waals surface area contributed by atoms with E-state index in [9.17, 15) is 9.59 Å². The van der Waals surface area contributed by atoms with Crippen molar-refractivity contribution in [3.63, 3.8) is 0 Å². The van der Waals surface area contributed by atoms with Crippen LogP contribution < -0.4 is 5.32 Å². The van der Waals surface area contributed by atoms with Gasteiger partial charge in [0, 0.05) is 5.39 Å². The molecule has 0 aliphatic carbocycles. The Morgan fingerprint density at radius 1 is 1.10 bits per heavy atom. The number of aromatic carboxylic acids is 1. The molecule has 0 saturated carbocycles. The zero-order valence-corrected chi connectivity index (χ0v) is 10.1. The first kappa shape index (κ1) is 12.0. The molecule has 3 aromatic rings. The van der Waals surface area contributed by atoms with Crippen LogP contribution in [0.2, 0.25) is 0 Å². The Labute approximate surface area is 112 Å². The zero-order valence-electron chi connectivity index (χ0n) is 10.1. The van der Waals surface area contributed by atoms with Crippen LogP contribution in [0.15, 0.2) is 51.5 Å². The Morgan fingerprint density at radius 3 is 2.60 bits per heavy atom. The quantitative estimate of drug-likeness (QED) is 0.763. The molecule has 0 aliphatic heterocycles. The maximum atomic E-state index is 12.0. The number of hydrogen-bond donors (Lipinski definition) is 2. The SMILES string of the molecule is O=C(Nc1c(C(=O)O)oc2ccccc12)c1ccco1.